The number of nitrogens with one attached hydrogen (secondary N) is 1. The number of hydrogen-bond acceptors (Lipinski definition) is 2. The molecule has 2 rings (SSSR count). The highest BCUT2D eigenvalue weighted by Crippen LogP contribution is 2.37. The molecule has 1 aliphatic heterocycles. The average Bonchev–Trinajstić information content (AvgIpc) is 2.66. The molecule has 1 fully saturated rings. The molecule has 1 heterocycles. The summed E-state index contributed by atoms with van der Waals surface area (Å²) in [7, 11) is 1.90. The molecule has 0 spiro atoms. The highest BCUT2D eigenvalue weighted by Gasteiger charge is 2.40. The zero-order valence-corrected chi connectivity index (χ0v) is 10.8. The number of hydrogen-bond donors (Lipinski definition) is 1. The third-order valence-corrected chi connectivity index (χ3v) is 3.90. The first-order valence-electron chi connectivity index (χ1n) is 6.27. The number of ether oxygens (including phenoxy) is 1. The predicted octanol–water partition coefficient (Wildman–Crippen LogP) is 2.52. The fraction of sp³-hybridized carbons (Fsp3) is 0.571. The first kappa shape index (κ1) is 13.4. The lowest BCUT2D eigenvalue weighted by Crippen LogP contribution is -2.40. The fourth-order valence-electron chi connectivity index (χ4n) is 2.75. The molecule has 2 nitrogen and oxygen atoms in total. The van der Waals surface area contributed by atoms with Crippen molar-refractivity contribution in [1.29, 1.82) is 0 Å². The van der Waals surface area contributed by atoms with E-state index in [9.17, 15) is 8.78 Å². The normalized spacial score (nSPS) is 27.7. The molecule has 0 saturated carbocycles. The zero-order valence-electron chi connectivity index (χ0n) is 10.8. The monoisotopic (exact) mass is 255 g/mol. The van der Waals surface area contributed by atoms with Crippen LogP contribution >= 0.6 is 0 Å². The van der Waals surface area contributed by atoms with E-state index in [1.54, 1.807) is 6.07 Å². The van der Waals surface area contributed by atoms with Crippen molar-refractivity contribution in [3.05, 3.63) is 35.4 Å². The van der Waals surface area contributed by atoms with Crippen molar-refractivity contribution in [3.63, 3.8) is 0 Å². The first-order valence-corrected chi connectivity index (χ1v) is 6.27. The summed E-state index contributed by atoms with van der Waals surface area (Å²) in [5.41, 5.74) is 0.792. The second kappa shape index (κ2) is 5.33. The second-order valence-corrected chi connectivity index (χ2v) is 5.08. The molecule has 1 aromatic rings. The summed E-state index contributed by atoms with van der Waals surface area (Å²) in [5, 5.41) is 3.18. The van der Waals surface area contributed by atoms with Gasteiger partial charge in [-0.3, -0.25) is 0 Å². The van der Waals surface area contributed by atoms with E-state index in [2.05, 4.69) is 5.32 Å². The van der Waals surface area contributed by atoms with E-state index in [0.29, 0.717) is 6.42 Å². The lowest BCUT2D eigenvalue weighted by molar-refractivity contribution is 0.0639. The molecule has 1 N–H and O–H groups in total. The molecule has 4 heteroatoms. The van der Waals surface area contributed by atoms with Crippen molar-refractivity contribution in [1.82, 2.24) is 5.32 Å². The average molecular weight is 255 g/mol. The highest BCUT2D eigenvalue weighted by atomic mass is 19.2. The van der Waals surface area contributed by atoms with E-state index >= 15 is 0 Å². The van der Waals surface area contributed by atoms with Crippen molar-refractivity contribution in [2.45, 2.75) is 25.9 Å². The summed E-state index contributed by atoms with van der Waals surface area (Å²) in [6.07, 6.45) is 1.76. The summed E-state index contributed by atoms with van der Waals surface area (Å²) < 4.78 is 31.8. The molecule has 1 aromatic carbocycles. The van der Waals surface area contributed by atoms with E-state index < -0.39 is 11.6 Å². The lowest BCUT2D eigenvalue weighted by Gasteiger charge is -2.32. The van der Waals surface area contributed by atoms with Gasteiger partial charge in [0.25, 0.3) is 0 Å². The van der Waals surface area contributed by atoms with Gasteiger partial charge in [-0.25, -0.2) is 8.78 Å². The number of rotatable bonds is 4. The molecule has 1 aliphatic rings. The SMILES string of the molecule is CNCC1(Cc2ccc(F)c(F)c2)CCOC1C. The van der Waals surface area contributed by atoms with Crippen molar-refractivity contribution in [3.8, 4) is 0 Å². The second-order valence-electron chi connectivity index (χ2n) is 5.08. The van der Waals surface area contributed by atoms with Crippen LogP contribution in [0.3, 0.4) is 0 Å². The van der Waals surface area contributed by atoms with E-state index in [-0.39, 0.29) is 11.5 Å². The Bertz CT molecular complexity index is 424. The fourth-order valence-corrected chi connectivity index (χ4v) is 2.75. The molecular formula is C14H19F2NO. The predicted molar refractivity (Wildman–Crippen MR) is 66.5 cm³/mol. The van der Waals surface area contributed by atoms with Gasteiger partial charge in [0.2, 0.25) is 0 Å². The van der Waals surface area contributed by atoms with Crippen LogP contribution < -0.4 is 5.32 Å². The van der Waals surface area contributed by atoms with Gasteiger partial charge in [-0.1, -0.05) is 6.07 Å². The Labute approximate surface area is 106 Å². The maximum absolute atomic E-state index is 13.2. The van der Waals surface area contributed by atoms with Crippen molar-refractivity contribution in [2.24, 2.45) is 5.41 Å². The molecule has 100 valence electrons. The molecule has 2 atom stereocenters. The maximum atomic E-state index is 13.2. The third-order valence-electron chi connectivity index (χ3n) is 3.90. The number of benzene rings is 1. The van der Waals surface area contributed by atoms with Gasteiger partial charge < -0.3 is 10.1 Å². The summed E-state index contributed by atoms with van der Waals surface area (Å²) in [6.45, 7) is 3.59. The van der Waals surface area contributed by atoms with E-state index in [0.717, 1.165) is 25.1 Å². The van der Waals surface area contributed by atoms with Crippen LogP contribution in [0, 0.1) is 17.0 Å². The van der Waals surface area contributed by atoms with E-state index in [1.165, 1.54) is 12.1 Å². The Morgan fingerprint density at radius 3 is 2.72 bits per heavy atom. The Morgan fingerprint density at radius 1 is 1.39 bits per heavy atom. The summed E-state index contributed by atoms with van der Waals surface area (Å²) in [6, 6.07) is 4.14. The van der Waals surface area contributed by atoms with Crippen LogP contribution in [0.1, 0.15) is 18.9 Å². The van der Waals surface area contributed by atoms with Crippen LogP contribution in [0.2, 0.25) is 0 Å². The Morgan fingerprint density at radius 2 is 2.17 bits per heavy atom. The van der Waals surface area contributed by atoms with Gasteiger partial charge in [0, 0.05) is 18.6 Å². The molecule has 0 radical (unpaired) electrons. The van der Waals surface area contributed by atoms with Crippen LogP contribution in [0.5, 0.6) is 0 Å². The van der Waals surface area contributed by atoms with Gasteiger partial charge >= 0.3 is 0 Å². The van der Waals surface area contributed by atoms with E-state index in [1.807, 2.05) is 14.0 Å². The van der Waals surface area contributed by atoms with Gasteiger partial charge in [0.05, 0.1) is 6.10 Å². The number of halogens is 2. The maximum Gasteiger partial charge on any atom is 0.159 e. The molecule has 0 aliphatic carbocycles. The zero-order chi connectivity index (χ0) is 13.2. The summed E-state index contributed by atoms with van der Waals surface area (Å²) in [5.74, 6) is -1.57. The van der Waals surface area contributed by atoms with Gasteiger partial charge in [0.1, 0.15) is 0 Å². The summed E-state index contributed by atoms with van der Waals surface area (Å²) in [4.78, 5) is 0. The molecule has 0 aromatic heterocycles. The van der Waals surface area contributed by atoms with Crippen LogP contribution in [-0.2, 0) is 11.2 Å². The standard InChI is InChI=1S/C14H19F2NO/c1-10-14(9-17-2,5-6-18-10)8-11-3-4-12(15)13(16)7-11/h3-4,7,10,17H,5-6,8-9H2,1-2H3. The Kier molecular flexibility index (Phi) is 3.97. The minimum absolute atomic E-state index is 0.0288. The molecule has 0 bridgehead atoms. The van der Waals surface area contributed by atoms with Crippen molar-refractivity contribution >= 4 is 0 Å². The molecule has 1 saturated heterocycles. The quantitative estimate of drug-likeness (QED) is 0.892. The molecule has 18 heavy (non-hydrogen) atoms. The largest absolute Gasteiger partial charge is 0.378 e. The molecule has 2 unspecified atom stereocenters. The smallest absolute Gasteiger partial charge is 0.159 e. The lowest BCUT2D eigenvalue weighted by atomic mass is 9.76. The van der Waals surface area contributed by atoms with Crippen LogP contribution in [0.15, 0.2) is 18.2 Å². The minimum Gasteiger partial charge on any atom is -0.378 e. The van der Waals surface area contributed by atoms with Gasteiger partial charge in [-0.05, 0) is 44.5 Å². The van der Waals surface area contributed by atoms with Gasteiger partial charge in [0.15, 0.2) is 11.6 Å². The Hall–Kier alpha value is -1.00. The Balaban J connectivity index is 2.21. The molecular weight excluding hydrogens is 236 g/mol. The highest BCUT2D eigenvalue weighted by molar-refractivity contribution is 5.20. The topological polar surface area (TPSA) is 21.3 Å². The van der Waals surface area contributed by atoms with Crippen molar-refractivity contribution < 1.29 is 13.5 Å². The van der Waals surface area contributed by atoms with Crippen LogP contribution in [0.25, 0.3) is 0 Å². The summed E-state index contributed by atoms with van der Waals surface area (Å²) >= 11 is 0. The third kappa shape index (κ3) is 2.54. The van der Waals surface area contributed by atoms with Crippen LogP contribution in [-0.4, -0.2) is 26.3 Å². The van der Waals surface area contributed by atoms with Gasteiger partial charge in [-0.2, -0.15) is 0 Å². The van der Waals surface area contributed by atoms with E-state index in [4.69, 9.17) is 4.74 Å². The van der Waals surface area contributed by atoms with Crippen LogP contribution in [0.4, 0.5) is 8.78 Å². The molecule has 0 amide bonds. The first-order chi connectivity index (χ1) is 8.57. The van der Waals surface area contributed by atoms with Crippen molar-refractivity contribution in [2.75, 3.05) is 20.2 Å². The van der Waals surface area contributed by atoms with Gasteiger partial charge in [-0.15, -0.1) is 0 Å². The minimum atomic E-state index is -0.794.